The third-order valence-electron chi connectivity index (χ3n) is 7.25. The molecule has 0 saturated carbocycles. The van der Waals surface area contributed by atoms with Crippen molar-refractivity contribution in [2.45, 2.75) is 78.7 Å². The van der Waals surface area contributed by atoms with Gasteiger partial charge in [0.15, 0.2) is 0 Å². The van der Waals surface area contributed by atoms with Gasteiger partial charge in [-0.15, -0.1) is 0 Å². The lowest BCUT2D eigenvalue weighted by Gasteiger charge is -2.48. The van der Waals surface area contributed by atoms with Crippen LogP contribution in [0.25, 0.3) is 0 Å². The first-order valence-corrected chi connectivity index (χ1v) is 12.2. The lowest BCUT2D eigenvalue weighted by molar-refractivity contribution is -0.147. The topological polar surface area (TPSA) is 55.8 Å². The van der Waals surface area contributed by atoms with Gasteiger partial charge in [0.05, 0.1) is 13.0 Å². The molecule has 1 aliphatic heterocycles. The van der Waals surface area contributed by atoms with Gasteiger partial charge in [-0.2, -0.15) is 0 Å². The summed E-state index contributed by atoms with van der Waals surface area (Å²) >= 11 is 0. The van der Waals surface area contributed by atoms with Gasteiger partial charge in [0.1, 0.15) is 17.1 Å². The van der Waals surface area contributed by atoms with Gasteiger partial charge in [-0.05, 0) is 83.4 Å². The molecule has 3 rings (SSSR count). The quantitative estimate of drug-likeness (QED) is 0.362. The van der Waals surface area contributed by atoms with Crippen LogP contribution in [0.3, 0.4) is 0 Å². The summed E-state index contributed by atoms with van der Waals surface area (Å²) in [6, 6.07) is 3.45. The largest absolute Gasteiger partial charge is 0.508 e. The Morgan fingerprint density at radius 2 is 2.00 bits per heavy atom. The molecule has 1 aromatic rings. The van der Waals surface area contributed by atoms with Crippen LogP contribution in [0.2, 0.25) is 0 Å². The number of phenolic OH excluding ortho intramolecular Hbond substituents is 1. The molecule has 1 heterocycles. The van der Waals surface area contributed by atoms with Crippen molar-refractivity contribution in [3.05, 3.63) is 58.7 Å². The summed E-state index contributed by atoms with van der Waals surface area (Å²) in [5.74, 6) is 0.941. The lowest BCUT2D eigenvalue weighted by atomic mass is 9.64. The van der Waals surface area contributed by atoms with E-state index in [1.807, 2.05) is 0 Å². The Bertz CT molecular complexity index is 964. The number of benzene rings is 1. The number of ether oxygens (including phenoxy) is 2. The van der Waals surface area contributed by atoms with Crippen LogP contribution in [0.5, 0.6) is 11.5 Å². The molecular weight excluding hydrogens is 412 g/mol. The number of allylic oxidation sites excluding steroid dienone is 5. The molecule has 180 valence electrons. The zero-order valence-electron chi connectivity index (χ0n) is 21.3. The van der Waals surface area contributed by atoms with E-state index in [1.54, 1.807) is 12.1 Å². The van der Waals surface area contributed by atoms with Crippen molar-refractivity contribution in [1.82, 2.24) is 0 Å². The fraction of sp³-hybridized carbons (Fsp3) is 0.552. The maximum atomic E-state index is 13.1. The Morgan fingerprint density at radius 1 is 1.27 bits per heavy atom. The Labute approximate surface area is 199 Å². The molecule has 0 fully saturated rings. The number of phenols is 1. The van der Waals surface area contributed by atoms with Gasteiger partial charge in [0.2, 0.25) is 0 Å². The highest BCUT2D eigenvalue weighted by Crippen LogP contribution is 2.53. The zero-order valence-corrected chi connectivity index (χ0v) is 21.3. The van der Waals surface area contributed by atoms with Gasteiger partial charge in [-0.3, -0.25) is 4.79 Å². The molecule has 0 spiro atoms. The molecule has 4 nitrogen and oxygen atoms in total. The molecule has 0 bridgehead atoms. The summed E-state index contributed by atoms with van der Waals surface area (Å²) in [5, 5.41) is 10.6. The Hall–Kier alpha value is -2.49. The molecule has 0 aromatic heterocycles. The molecule has 0 saturated heterocycles. The summed E-state index contributed by atoms with van der Waals surface area (Å²) in [4.78, 5) is 13.1. The molecule has 2 aliphatic rings. The Morgan fingerprint density at radius 3 is 2.64 bits per heavy atom. The molecule has 4 atom stereocenters. The van der Waals surface area contributed by atoms with Crippen molar-refractivity contribution in [3.63, 3.8) is 0 Å². The predicted molar refractivity (Wildman–Crippen MR) is 134 cm³/mol. The van der Waals surface area contributed by atoms with Gasteiger partial charge < -0.3 is 14.6 Å². The van der Waals surface area contributed by atoms with Crippen LogP contribution in [0, 0.1) is 17.8 Å². The van der Waals surface area contributed by atoms with Crippen LogP contribution in [0.4, 0.5) is 0 Å². The van der Waals surface area contributed by atoms with Crippen LogP contribution in [-0.4, -0.2) is 23.8 Å². The number of fused-ring (bicyclic) bond motifs is 2. The third-order valence-corrected chi connectivity index (χ3v) is 7.25. The summed E-state index contributed by atoms with van der Waals surface area (Å²) in [5.41, 5.74) is 3.68. The van der Waals surface area contributed by atoms with Crippen molar-refractivity contribution < 1.29 is 19.4 Å². The minimum Gasteiger partial charge on any atom is -0.508 e. The predicted octanol–water partition coefficient (Wildman–Crippen LogP) is 6.88. The number of carbonyl (C=O) groups is 1. The first-order valence-electron chi connectivity index (χ1n) is 12.2. The van der Waals surface area contributed by atoms with Gasteiger partial charge >= 0.3 is 5.97 Å². The van der Waals surface area contributed by atoms with E-state index in [2.05, 4.69) is 65.8 Å². The second-order valence-electron chi connectivity index (χ2n) is 10.5. The number of methoxy groups -OCH3 is 1. The highest BCUT2D eigenvalue weighted by Gasteiger charge is 2.51. The summed E-state index contributed by atoms with van der Waals surface area (Å²) in [6.45, 7) is 12.9. The monoisotopic (exact) mass is 452 g/mol. The van der Waals surface area contributed by atoms with E-state index in [9.17, 15) is 9.90 Å². The highest BCUT2D eigenvalue weighted by molar-refractivity contribution is 5.81. The van der Waals surface area contributed by atoms with Crippen LogP contribution >= 0.6 is 0 Å². The van der Waals surface area contributed by atoms with Crippen LogP contribution in [-0.2, 0) is 16.0 Å². The van der Waals surface area contributed by atoms with Gasteiger partial charge in [-0.25, -0.2) is 0 Å². The summed E-state index contributed by atoms with van der Waals surface area (Å²) in [6.07, 6.45) is 12.3. The van der Waals surface area contributed by atoms with E-state index in [4.69, 9.17) is 9.47 Å². The van der Waals surface area contributed by atoms with Crippen molar-refractivity contribution in [3.8, 4) is 11.5 Å². The number of hydrogen-bond donors (Lipinski definition) is 1. The number of aromatic hydroxyl groups is 1. The molecule has 1 aliphatic carbocycles. The first-order chi connectivity index (χ1) is 15.6. The average molecular weight is 453 g/mol. The second-order valence-corrected chi connectivity index (χ2v) is 10.5. The number of hydrogen-bond acceptors (Lipinski definition) is 4. The fourth-order valence-electron chi connectivity index (χ4n) is 5.15. The molecule has 4 heteroatoms. The Balaban J connectivity index is 2.00. The van der Waals surface area contributed by atoms with Crippen LogP contribution in [0.1, 0.15) is 77.8 Å². The SMILES string of the molecule is COC(=O)[C@@H]1c2cc(O)cc(CC=C(C)CCC=C(C)C)c2O[C@]2(C)C=C[C@@H](C(C)C)C[C@H]12. The zero-order chi connectivity index (χ0) is 24.3. The van der Waals surface area contributed by atoms with Gasteiger partial charge in [-0.1, -0.05) is 43.2 Å². The van der Waals surface area contributed by atoms with Crippen molar-refractivity contribution in [2.75, 3.05) is 7.11 Å². The van der Waals surface area contributed by atoms with Crippen LogP contribution < -0.4 is 4.74 Å². The third kappa shape index (κ3) is 5.54. The number of rotatable bonds is 7. The molecule has 0 unspecified atom stereocenters. The molecule has 1 N–H and O–H groups in total. The highest BCUT2D eigenvalue weighted by atomic mass is 16.5. The number of esters is 1. The normalized spacial score (nSPS) is 26.3. The summed E-state index contributed by atoms with van der Waals surface area (Å²) in [7, 11) is 1.44. The van der Waals surface area contributed by atoms with E-state index < -0.39 is 11.5 Å². The molecular formula is C29H40O4. The van der Waals surface area contributed by atoms with Gasteiger partial charge in [0.25, 0.3) is 0 Å². The average Bonchev–Trinajstić information content (AvgIpc) is 2.74. The van der Waals surface area contributed by atoms with Gasteiger partial charge in [0, 0.05) is 17.0 Å². The number of carbonyl (C=O) groups excluding carboxylic acids is 1. The molecule has 0 amide bonds. The first kappa shape index (κ1) is 25.1. The second kappa shape index (κ2) is 10.2. The van der Waals surface area contributed by atoms with Crippen molar-refractivity contribution >= 4 is 5.97 Å². The van der Waals surface area contributed by atoms with E-state index in [-0.39, 0.29) is 17.6 Å². The smallest absolute Gasteiger partial charge is 0.313 e. The van der Waals surface area contributed by atoms with Crippen molar-refractivity contribution in [1.29, 1.82) is 0 Å². The maximum Gasteiger partial charge on any atom is 0.313 e. The minimum absolute atomic E-state index is 0.0501. The Kier molecular flexibility index (Phi) is 7.76. The molecule has 1 aromatic carbocycles. The van der Waals surface area contributed by atoms with Crippen LogP contribution in [0.15, 0.2) is 47.6 Å². The maximum absolute atomic E-state index is 13.1. The van der Waals surface area contributed by atoms with E-state index in [0.29, 0.717) is 24.0 Å². The van der Waals surface area contributed by atoms with E-state index >= 15 is 0 Å². The summed E-state index contributed by atoms with van der Waals surface area (Å²) < 4.78 is 11.9. The van der Waals surface area contributed by atoms with Crippen molar-refractivity contribution in [2.24, 2.45) is 17.8 Å². The van der Waals surface area contributed by atoms with E-state index in [0.717, 1.165) is 30.4 Å². The standard InChI is InChI=1S/C29H40O4/c1-18(2)9-8-10-20(5)11-12-22-15-23(30)17-24-26(28(31)32-7)25-16-21(19(3)4)13-14-29(25,6)33-27(22)24/h9,11,13-15,17,19,21,25-26,30H,8,10,12,16H2,1-7H3/t21-,25-,26-,29-/m1/s1. The minimum atomic E-state index is -0.592. The fourth-order valence-corrected chi connectivity index (χ4v) is 5.15. The molecule has 33 heavy (non-hydrogen) atoms. The van der Waals surface area contributed by atoms with E-state index in [1.165, 1.54) is 18.3 Å². The lowest BCUT2D eigenvalue weighted by Crippen LogP contribution is -2.50. The molecule has 0 radical (unpaired) electrons.